The van der Waals surface area contributed by atoms with Gasteiger partial charge in [-0.15, -0.1) is 5.10 Å². The van der Waals surface area contributed by atoms with Crippen LogP contribution >= 0.6 is 11.5 Å². The second-order valence-corrected chi connectivity index (χ2v) is 5.44. The van der Waals surface area contributed by atoms with Gasteiger partial charge in [-0.25, -0.2) is 0 Å². The van der Waals surface area contributed by atoms with Crippen molar-refractivity contribution in [2.75, 3.05) is 13.1 Å². The molecule has 2 heterocycles. The van der Waals surface area contributed by atoms with Crippen molar-refractivity contribution in [2.45, 2.75) is 45.1 Å². The number of nitrogens with zero attached hydrogens (tertiary/aromatic N) is 3. The van der Waals surface area contributed by atoms with Gasteiger partial charge >= 0.3 is 0 Å². The summed E-state index contributed by atoms with van der Waals surface area (Å²) in [5, 5.41) is 4.06. The average molecular weight is 268 g/mol. The third kappa shape index (κ3) is 2.70. The van der Waals surface area contributed by atoms with Gasteiger partial charge in [-0.2, -0.15) is 0 Å². The molecule has 0 saturated carbocycles. The Morgan fingerprint density at radius 2 is 2.39 bits per heavy atom. The summed E-state index contributed by atoms with van der Waals surface area (Å²) in [6.45, 7) is 3.43. The normalized spacial score (nSPS) is 20.1. The first-order valence-corrected chi connectivity index (χ1v) is 7.37. The van der Waals surface area contributed by atoms with E-state index in [4.69, 9.17) is 5.73 Å². The van der Waals surface area contributed by atoms with Gasteiger partial charge in [0.2, 0.25) is 0 Å². The maximum atomic E-state index is 12.5. The predicted octanol–water partition coefficient (Wildman–Crippen LogP) is 1.44. The monoisotopic (exact) mass is 268 g/mol. The van der Waals surface area contributed by atoms with Crippen LogP contribution in [0.5, 0.6) is 0 Å². The zero-order valence-electron chi connectivity index (χ0n) is 10.8. The Kier molecular flexibility index (Phi) is 4.66. The van der Waals surface area contributed by atoms with Gasteiger partial charge < -0.3 is 10.6 Å². The number of carbonyl (C=O) groups excluding carboxylic acids is 1. The highest BCUT2D eigenvalue weighted by Crippen LogP contribution is 2.22. The van der Waals surface area contributed by atoms with Crippen LogP contribution in [0.3, 0.4) is 0 Å². The summed E-state index contributed by atoms with van der Waals surface area (Å²) in [5.41, 5.74) is 6.60. The first-order chi connectivity index (χ1) is 8.77. The molecule has 0 radical (unpaired) electrons. The molecular formula is C12H20N4OS. The van der Waals surface area contributed by atoms with Crippen LogP contribution in [-0.4, -0.2) is 39.5 Å². The summed E-state index contributed by atoms with van der Waals surface area (Å²) in [5.74, 6) is 0.0728. The van der Waals surface area contributed by atoms with Crippen LogP contribution in [0, 0.1) is 0 Å². The fraction of sp³-hybridized carbons (Fsp3) is 0.750. The Morgan fingerprint density at radius 3 is 3.11 bits per heavy atom. The van der Waals surface area contributed by atoms with Gasteiger partial charge in [0, 0.05) is 19.1 Å². The number of carbonyl (C=O) groups is 1. The number of hydrogen-bond donors (Lipinski definition) is 1. The van der Waals surface area contributed by atoms with Gasteiger partial charge in [0.15, 0.2) is 0 Å². The van der Waals surface area contributed by atoms with E-state index in [-0.39, 0.29) is 11.9 Å². The van der Waals surface area contributed by atoms with Crippen molar-refractivity contribution in [3.05, 3.63) is 10.6 Å². The molecule has 0 bridgehead atoms. The molecule has 5 nitrogen and oxygen atoms in total. The van der Waals surface area contributed by atoms with Crippen molar-refractivity contribution < 1.29 is 4.79 Å². The Bertz CT molecular complexity index is 407. The van der Waals surface area contributed by atoms with E-state index in [0.717, 1.165) is 44.3 Å². The molecule has 1 amide bonds. The van der Waals surface area contributed by atoms with Crippen molar-refractivity contribution in [3.8, 4) is 0 Å². The number of hydrogen-bond acceptors (Lipinski definition) is 5. The van der Waals surface area contributed by atoms with Gasteiger partial charge in [0.1, 0.15) is 4.88 Å². The molecule has 0 aliphatic carbocycles. The lowest BCUT2D eigenvalue weighted by molar-refractivity contribution is 0.0627. The largest absolute Gasteiger partial charge is 0.334 e. The van der Waals surface area contributed by atoms with Gasteiger partial charge in [0.05, 0.1) is 5.69 Å². The lowest BCUT2D eigenvalue weighted by Crippen LogP contribution is -2.47. The smallest absolute Gasteiger partial charge is 0.267 e. The maximum Gasteiger partial charge on any atom is 0.267 e. The van der Waals surface area contributed by atoms with E-state index in [1.807, 2.05) is 4.90 Å². The van der Waals surface area contributed by atoms with Crippen molar-refractivity contribution in [3.63, 3.8) is 0 Å². The number of aromatic nitrogens is 2. The van der Waals surface area contributed by atoms with Crippen molar-refractivity contribution in [1.29, 1.82) is 0 Å². The Hall–Kier alpha value is -1.01. The van der Waals surface area contributed by atoms with Gasteiger partial charge in [0.25, 0.3) is 5.91 Å². The zero-order valence-corrected chi connectivity index (χ0v) is 11.6. The molecule has 100 valence electrons. The predicted molar refractivity (Wildman–Crippen MR) is 71.6 cm³/mol. The van der Waals surface area contributed by atoms with E-state index in [1.54, 1.807) is 0 Å². The van der Waals surface area contributed by atoms with Crippen LogP contribution in [-0.2, 0) is 6.42 Å². The molecule has 1 aliphatic rings. The lowest BCUT2D eigenvalue weighted by atomic mass is 10.0. The molecule has 1 aliphatic heterocycles. The molecular weight excluding hydrogens is 248 g/mol. The van der Waals surface area contributed by atoms with Crippen molar-refractivity contribution in [1.82, 2.24) is 14.5 Å². The fourth-order valence-electron chi connectivity index (χ4n) is 2.41. The van der Waals surface area contributed by atoms with E-state index in [0.29, 0.717) is 11.4 Å². The highest BCUT2D eigenvalue weighted by atomic mass is 32.1. The lowest BCUT2D eigenvalue weighted by Gasteiger charge is -2.34. The molecule has 1 aromatic heterocycles. The van der Waals surface area contributed by atoms with Crippen LogP contribution in [0.25, 0.3) is 0 Å². The fourth-order valence-corrected chi connectivity index (χ4v) is 3.08. The highest BCUT2D eigenvalue weighted by Gasteiger charge is 2.29. The highest BCUT2D eigenvalue weighted by molar-refractivity contribution is 7.08. The van der Waals surface area contributed by atoms with Crippen LogP contribution in [0.15, 0.2) is 0 Å². The molecule has 6 heteroatoms. The summed E-state index contributed by atoms with van der Waals surface area (Å²) in [4.78, 5) is 15.1. The Balaban J connectivity index is 2.16. The quantitative estimate of drug-likeness (QED) is 0.897. The number of likely N-dealkylation sites (tertiary alicyclic amines) is 1. The van der Waals surface area contributed by atoms with Gasteiger partial charge in [-0.1, -0.05) is 17.8 Å². The standard InChI is InChI=1S/C12H20N4OS/c1-2-5-10-11(18-15-14-10)12(17)16-7-4-3-6-9(16)8-13/h9H,2-8,13H2,1H3. The van der Waals surface area contributed by atoms with Crippen LogP contribution in [0.2, 0.25) is 0 Å². The first-order valence-electron chi connectivity index (χ1n) is 6.60. The minimum Gasteiger partial charge on any atom is -0.334 e. The third-order valence-electron chi connectivity index (χ3n) is 3.40. The Morgan fingerprint density at radius 1 is 1.56 bits per heavy atom. The Labute approximate surface area is 112 Å². The molecule has 1 unspecified atom stereocenters. The van der Waals surface area contributed by atoms with E-state index in [1.165, 1.54) is 11.5 Å². The zero-order chi connectivity index (χ0) is 13.0. The van der Waals surface area contributed by atoms with Crippen LogP contribution < -0.4 is 5.73 Å². The molecule has 0 spiro atoms. The topological polar surface area (TPSA) is 72.1 Å². The molecule has 1 saturated heterocycles. The van der Waals surface area contributed by atoms with E-state index in [9.17, 15) is 4.79 Å². The SMILES string of the molecule is CCCc1nnsc1C(=O)N1CCCCC1CN. The van der Waals surface area contributed by atoms with Crippen molar-refractivity contribution >= 4 is 17.4 Å². The summed E-state index contributed by atoms with van der Waals surface area (Å²) in [7, 11) is 0. The number of piperidine rings is 1. The molecule has 1 atom stereocenters. The number of aryl methyl sites for hydroxylation is 1. The van der Waals surface area contributed by atoms with Gasteiger partial charge in [-0.05, 0) is 37.2 Å². The molecule has 2 N–H and O–H groups in total. The molecule has 1 fully saturated rings. The van der Waals surface area contributed by atoms with Crippen LogP contribution in [0.4, 0.5) is 0 Å². The third-order valence-corrected chi connectivity index (χ3v) is 4.15. The minimum absolute atomic E-state index is 0.0728. The van der Waals surface area contributed by atoms with E-state index < -0.39 is 0 Å². The molecule has 1 aromatic rings. The van der Waals surface area contributed by atoms with E-state index >= 15 is 0 Å². The average Bonchev–Trinajstić information content (AvgIpc) is 2.86. The van der Waals surface area contributed by atoms with Crippen LogP contribution in [0.1, 0.15) is 48.0 Å². The minimum atomic E-state index is 0.0728. The molecule has 2 rings (SSSR count). The van der Waals surface area contributed by atoms with Gasteiger partial charge in [-0.3, -0.25) is 4.79 Å². The number of rotatable bonds is 4. The maximum absolute atomic E-state index is 12.5. The second-order valence-electron chi connectivity index (χ2n) is 4.68. The van der Waals surface area contributed by atoms with E-state index in [2.05, 4.69) is 16.5 Å². The number of amides is 1. The summed E-state index contributed by atoms with van der Waals surface area (Å²) in [6, 6.07) is 0.183. The summed E-state index contributed by atoms with van der Waals surface area (Å²) < 4.78 is 3.92. The number of nitrogens with two attached hydrogens (primary N) is 1. The molecule has 0 aromatic carbocycles. The second kappa shape index (κ2) is 6.24. The van der Waals surface area contributed by atoms with Crippen molar-refractivity contribution in [2.24, 2.45) is 5.73 Å². The molecule has 18 heavy (non-hydrogen) atoms. The first kappa shape index (κ1) is 13.4. The summed E-state index contributed by atoms with van der Waals surface area (Å²) >= 11 is 1.21. The summed E-state index contributed by atoms with van der Waals surface area (Å²) in [6.07, 6.45) is 5.04.